The molecule has 0 radical (unpaired) electrons. The van der Waals surface area contributed by atoms with E-state index in [4.69, 9.17) is 0 Å². The molecule has 0 aromatic carbocycles. The monoisotopic (exact) mass is 272 g/mol. The first-order valence-electron chi connectivity index (χ1n) is 5.55. The summed E-state index contributed by atoms with van der Waals surface area (Å²) < 4.78 is 0.0802. The summed E-state index contributed by atoms with van der Waals surface area (Å²) in [5.41, 5.74) is 0. The normalized spacial score (nSPS) is 11.3. The van der Waals surface area contributed by atoms with Crippen molar-refractivity contribution >= 4 is 29.1 Å². The average molecular weight is 272 g/mol. The lowest BCUT2D eigenvalue weighted by Gasteiger charge is -2.22. The maximum absolute atomic E-state index is 11.6. The van der Waals surface area contributed by atoms with E-state index in [0.29, 0.717) is 13.1 Å². The van der Waals surface area contributed by atoms with Crippen molar-refractivity contribution in [3.8, 4) is 0 Å². The third kappa shape index (κ3) is 5.46. The van der Waals surface area contributed by atoms with E-state index in [9.17, 15) is 4.79 Å². The summed E-state index contributed by atoms with van der Waals surface area (Å²) >= 11 is 3.46. The van der Waals surface area contributed by atoms with Crippen molar-refractivity contribution in [2.45, 2.75) is 32.1 Å². The molecule has 0 aliphatic carbocycles. The molecule has 0 bridgehead atoms. The van der Waals surface area contributed by atoms with Crippen LogP contribution < -0.4 is 10.6 Å². The number of aryl methyl sites for hydroxylation is 1. The third-order valence-corrected chi connectivity index (χ3v) is 4.70. The highest BCUT2D eigenvalue weighted by Crippen LogP contribution is 2.19. The molecule has 3 nitrogen and oxygen atoms in total. The molecule has 0 aliphatic heterocycles. The summed E-state index contributed by atoms with van der Waals surface area (Å²) in [5.74, 6) is 0. The fraction of sp³-hybridized carbons (Fsp3) is 0.583. The minimum absolute atomic E-state index is 0.0802. The molecular formula is C12H20N2OS2. The molecule has 1 aromatic heterocycles. The van der Waals surface area contributed by atoms with Crippen LogP contribution in [0.1, 0.15) is 23.6 Å². The topological polar surface area (TPSA) is 41.1 Å². The Morgan fingerprint density at radius 1 is 1.41 bits per heavy atom. The average Bonchev–Trinajstić information content (AvgIpc) is 2.70. The Morgan fingerprint density at radius 3 is 2.65 bits per heavy atom. The van der Waals surface area contributed by atoms with Crippen molar-refractivity contribution in [3.63, 3.8) is 0 Å². The van der Waals surface area contributed by atoms with Crippen molar-refractivity contribution in [1.82, 2.24) is 10.6 Å². The number of rotatable bonds is 5. The van der Waals surface area contributed by atoms with Crippen LogP contribution in [0.15, 0.2) is 12.1 Å². The number of urea groups is 1. The Bertz CT molecular complexity index is 374. The summed E-state index contributed by atoms with van der Waals surface area (Å²) in [4.78, 5) is 14.0. The van der Waals surface area contributed by atoms with Crippen LogP contribution in [0.25, 0.3) is 0 Å². The lowest BCUT2D eigenvalue weighted by molar-refractivity contribution is 0.240. The molecule has 0 saturated carbocycles. The number of thiophene rings is 1. The molecule has 0 saturated heterocycles. The van der Waals surface area contributed by atoms with E-state index in [0.717, 1.165) is 0 Å². The van der Waals surface area contributed by atoms with Gasteiger partial charge in [0.05, 0.1) is 6.54 Å². The predicted molar refractivity (Wildman–Crippen MR) is 76.9 cm³/mol. The zero-order valence-corrected chi connectivity index (χ0v) is 12.4. The van der Waals surface area contributed by atoms with E-state index in [1.54, 1.807) is 23.1 Å². The SMILES string of the molecule is CSC(C)(C)CNC(=O)NCc1ccc(C)s1. The van der Waals surface area contributed by atoms with Crippen LogP contribution in [0.4, 0.5) is 4.79 Å². The van der Waals surface area contributed by atoms with Crippen LogP contribution in [0.2, 0.25) is 0 Å². The van der Waals surface area contributed by atoms with Gasteiger partial charge in [0.25, 0.3) is 0 Å². The van der Waals surface area contributed by atoms with E-state index in [1.165, 1.54) is 9.75 Å². The molecule has 0 atom stereocenters. The van der Waals surface area contributed by atoms with Gasteiger partial charge in [-0.25, -0.2) is 4.79 Å². The summed E-state index contributed by atoms with van der Waals surface area (Å²) in [6.07, 6.45) is 2.05. The summed E-state index contributed by atoms with van der Waals surface area (Å²) in [6, 6.07) is 4.01. The number of amides is 2. The molecule has 2 amide bonds. The minimum Gasteiger partial charge on any atom is -0.337 e. The molecule has 0 unspecified atom stereocenters. The molecule has 0 fully saturated rings. The van der Waals surface area contributed by atoms with Gasteiger partial charge < -0.3 is 10.6 Å². The molecular weight excluding hydrogens is 252 g/mol. The van der Waals surface area contributed by atoms with Gasteiger partial charge in [-0.15, -0.1) is 11.3 Å². The standard InChI is InChI=1S/C12H20N2OS2/c1-9-5-6-10(17-9)7-13-11(15)14-8-12(2,3)16-4/h5-6H,7-8H2,1-4H3,(H2,13,14,15). The van der Waals surface area contributed by atoms with Crippen LogP contribution in [0, 0.1) is 6.92 Å². The van der Waals surface area contributed by atoms with Gasteiger partial charge in [0.15, 0.2) is 0 Å². The van der Waals surface area contributed by atoms with E-state index < -0.39 is 0 Å². The van der Waals surface area contributed by atoms with Crippen LogP contribution in [-0.2, 0) is 6.54 Å². The first kappa shape index (κ1) is 14.4. The molecule has 1 aromatic rings. The second kappa shape index (κ2) is 6.31. The quantitative estimate of drug-likeness (QED) is 0.865. The van der Waals surface area contributed by atoms with E-state index >= 15 is 0 Å². The molecule has 2 N–H and O–H groups in total. The third-order valence-electron chi connectivity index (χ3n) is 2.45. The molecule has 1 rings (SSSR count). The smallest absolute Gasteiger partial charge is 0.315 e. The van der Waals surface area contributed by atoms with Crippen molar-refractivity contribution in [1.29, 1.82) is 0 Å². The fourth-order valence-corrected chi connectivity index (χ4v) is 2.22. The first-order valence-corrected chi connectivity index (χ1v) is 7.59. The Balaban J connectivity index is 2.26. The summed E-state index contributed by atoms with van der Waals surface area (Å²) in [7, 11) is 0. The summed E-state index contributed by atoms with van der Waals surface area (Å²) in [5, 5.41) is 5.74. The number of hydrogen-bond donors (Lipinski definition) is 2. The van der Waals surface area contributed by atoms with Gasteiger partial charge in [-0.2, -0.15) is 11.8 Å². The number of carbonyl (C=O) groups is 1. The predicted octanol–water partition coefficient (Wildman–Crippen LogP) is 3.00. The van der Waals surface area contributed by atoms with Crippen LogP contribution in [0.5, 0.6) is 0 Å². The second-order valence-corrected chi connectivity index (χ2v) is 7.40. The minimum atomic E-state index is -0.0989. The Kier molecular flexibility index (Phi) is 5.33. The van der Waals surface area contributed by atoms with E-state index in [-0.39, 0.29) is 10.8 Å². The van der Waals surface area contributed by atoms with E-state index in [2.05, 4.69) is 37.5 Å². The maximum atomic E-state index is 11.6. The van der Waals surface area contributed by atoms with Gasteiger partial charge >= 0.3 is 6.03 Å². The number of hydrogen-bond acceptors (Lipinski definition) is 3. The van der Waals surface area contributed by atoms with Crippen LogP contribution >= 0.6 is 23.1 Å². The zero-order chi connectivity index (χ0) is 12.9. The highest BCUT2D eigenvalue weighted by atomic mass is 32.2. The largest absolute Gasteiger partial charge is 0.337 e. The fourth-order valence-electron chi connectivity index (χ4n) is 1.18. The first-order chi connectivity index (χ1) is 7.93. The number of carbonyl (C=O) groups excluding carboxylic acids is 1. The Labute approximate surface area is 111 Å². The van der Waals surface area contributed by atoms with Crippen LogP contribution in [0.3, 0.4) is 0 Å². The van der Waals surface area contributed by atoms with Gasteiger partial charge in [-0.3, -0.25) is 0 Å². The lowest BCUT2D eigenvalue weighted by Crippen LogP contribution is -2.41. The second-order valence-electron chi connectivity index (χ2n) is 4.51. The van der Waals surface area contributed by atoms with Gasteiger partial charge in [0.2, 0.25) is 0 Å². The van der Waals surface area contributed by atoms with Crippen molar-refractivity contribution < 1.29 is 4.79 Å². The molecule has 5 heteroatoms. The van der Waals surface area contributed by atoms with Gasteiger partial charge in [-0.05, 0) is 39.2 Å². The van der Waals surface area contributed by atoms with Gasteiger partial charge in [0, 0.05) is 21.0 Å². The highest BCUT2D eigenvalue weighted by molar-refractivity contribution is 7.99. The summed E-state index contributed by atoms with van der Waals surface area (Å²) in [6.45, 7) is 7.56. The van der Waals surface area contributed by atoms with Gasteiger partial charge in [0.1, 0.15) is 0 Å². The van der Waals surface area contributed by atoms with Gasteiger partial charge in [-0.1, -0.05) is 0 Å². The lowest BCUT2D eigenvalue weighted by atomic mass is 10.2. The maximum Gasteiger partial charge on any atom is 0.315 e. The molecule has 1 heterocycles. The number of nitrogens with one attached hydrogen (secondary N) is 2. The van der Waals surface area contributed by atoms with Crippen LogP contribution in [-0.4, -0.2) is 23.6 Å². The molecule has 0 aliphatic rings. The van der Waals surface area contributed by atoms with Crippen molar-refractivity contribution in [2.24, 2.45) is 0 Å². The Hall–Kier alpha value is -0.680. The van der Waals surface area contributed by atoms with Crippen molar-refractivity contribution in [3.05, 3.63) is 21.9 Å². The molecule has 0 spiro atoms. The number of thioether (sulfide) groups is 1. The Morgan fingerprint density at radius 2 is 2.12 bits per heavy atom. The van der Waals surface area contributed by atoms with E-state index in [1.807, 2.05) is 12.3 Å². The van der Waals surface area contributed by atoms with Crippen molar-refractivity contribution in [2.75, 3.05) is 12.8 Å². The highest BCUT2D eigenvalue weighted by Gasteiger charge is 2.16. The zero-order valence-electron chi connectivity index (χ0n) is 10.8. The molecule has 96 valence electrons. The molecule has 17 heavy (non-hydrogen) atoms.